The molecule has 15 nitrogen and oxygen atoms in total. The van der Waals surface area contributed by atoms with Crippen LogP contribution in [0.25, 0.3) is 39.0 Å². The lowest BCUT2D eigenvalue weighted by Gasteiger charge is -2.26. The fraction of sp³-hybridized carbons (Fsp3) is 0.257. The summed E-state index contributed by atoms with van der Waals surface area (Å²) in [5, 5.41) is 6.09. The van der Waals surface area contributed by atoms with Crippen LogP contribution in [0.4, 0.5) is 26.3 Å². The van der Waals surface area contributed by atoms with Gasteiger partial charge in [-0.2, -0.15) is 0 Å². The highest BCUT2D eigenvalue weighted by atomic mass is 19.2. The molecular formula is C70H65F6N9O6. The van der Waals surface area contributed by atoms with Crippen molar-refractivity contribution >= 4 is 40.4 Å². The molecule has 0 aliphatic carbocycles. The number of pyridine rings is 3. The quantitative estimate of drug-likeness (QED) is 0.0675. The summed E-state index contributed by atoms with van der Waals surface area (Å²) < 4.78 is 90.4. The summed E-state index contributed by atoms with van der Waals surface area (Å²) in [5.41, 5.74) is 18.4. The van der Waals surface area contributed by atoms with Gasteiger partial charge in [-0.25, -0.2) is 36.1 Å². The molecule has 468 valence electrons. The van der Waals surface area contributed by atoms with Crippen LogP contribution in [0, 0.1) is 46.7 Å². The highest BCUT2D eigenvalue weighted by Crippen LogP contribution is 2.44. The number of benzene rings is 5. The van der Waals surface area contributed by atoms with Crippen LogP contribution in [0.5, 0.6) is 0 Å². The van der Waals surface area contributed by atoms with Crippen molar-refractivity contribution in [3.8, 4) is 22.3 Å². The molecule has 2 atom stereocenters. The molecule has 21 heteroatoms. The number of nitrogens with zero attached hydrogens (tertiary/aromatic N) is 5. The van der Waals surface area contributed by atoms with Gasteiger partial charge in [0.1, 0.15) is 17.3 Å². The molecule has 5 aromatic heterocycles. The maximum Gasteiger partial charge on any atom is 0.420 e. The van der Waals surface area contributed by atoms with Crippen molar-refractivity contribution < 1.29 is 49.9 Å². The lowest BCUT2D eigenvalue weighted by Crippen LogP contribution is -2.39. The van der Waals surface area contributed by atoms with Gasteiger partial charge in [0, 0.05) is 48.5 Å². The first-order chi connectivity index (χ1) is 43.3. The van der Waals surface area contributed by atoms with Crippen LogP contribution in [-0.2, 0) is 49.7 Å². The first-order valence-corrected chi connectivity index (χ1v) is 29.6. The fourth-order valence-corrected chi connectivity index (χ4v) is 12.1. The zero-order valence-corrected chi connectivity index (χ0v) is 51.1. The number of carbonyl (C=O) groups excluding carboxylic acids is 4. The number of aromatic nitrogens is 5. The van der Waals surface area contributed by atoms with Crippen LogP contribution >= 0.6 is 0 Å². The summed E-state index contributed by atoms with van der Waals surface area (Å²) in [6.45, 7) is 15.6. The van der Waals surface area contributed by atoms with E-state index in [0.29, 0.717) is 93.9 Å². The summed E-state index contributed by atoms with van der Waals surface area (Å²) in [7, 11) is 0. The average Bonchev–Trinajstić information content (AvgIpc) is 1.72. The molecule has 12 rings (SSSR count). The Morgan fingerprint density at radius 2 is 1.03 bits per heavy atom. The molecule has 0 spiro atoms. The minimum Gasteiger partial charge on any atom is -0.408 e. The van der Waals surface area contributed by atoms with Gasteiger partial charge in [-0.1, -0.05) is 84.0 Å². The molecule has 0 radical (unpaired) electrons. The lowest BCUT2D eigenvalue weighted by molar-refractivity contribution is 0.0926. The van der Waals surface area contributed by atoms with Crippen molar-refractivity contribution in [2.45, 2.75) is 105 Å². The van der Waals surface area contributed by atoms with E-state index in [2.05, 4.69) is 15.6 Å². The van der Waals surface area contributed by atoms with Gasteiger partial charge in [-0.3, -0.25) is 33.7 Å². The van der Waals surface area contributed by atoms with E-state index >= 15 is 0 Å². The van der Waals surface area contributed by atoms with E-state index in [1.165, 1.54) is 41.0 Å². The van der Waals surface area contributed by atoms with Gasteiger partial charge in [0.25, 0.3) is 23.6 Å². The van der Waals surface area contributed by atoms with E-state index in [-0.39, 0.29) is 63.4 Å². The smallest absolute Gasteiger partial charge is 0.408 e. The van der Waals surface area contributed by atoms with Crippen LogP contribution in [-0.4, -0.2) is 47.5 Å². The molecule has 4 amide bonds. The Bertz CT molecular complexity index is 4600. The molecule has 7 heterocycles. The van der Waals surface area contributed by atoms with E-state index in [1.54, 1.807) is 67.0 Å². The Morgan fingerprint density at radius 1 is 0.571 bits per heavy atom. The topological polar surface area (TPSA) is 223 Å². The molecule has 0 saturated heterocycles. The van der Waals surface area contributed by atoms with Gasteiger partial charge in [-0.15, -0.1) is 0 Å². The zero-order chi connectivity index (χ0) is 65.5. The second-order valence-electron chi connectivity index (χ2n) is 23.9. The van der Waals surface area contributed by atoms with Gasteiger partial charge >= 0.3 is 5.76 Å². The van der Waals surface area contributed by atoms with Gasteiger partial charge < -0.3 is 30.9 Å². The summed E-state index contributed by atoms with van der Waals surface area (Å²) in [6, 6.07) is 27.5. The fourth-order valence-electron chi connectivity index (χ4n) is 12.1. The monoisotopic (exact) mass is 1240 g/mol. The summed E-state index contributed by atoms with van der Waals surface area (Å²) in [6.07, 6.45) is 5.20. The Morgan fingerprint density at radius 3 is 1.51 bits per heavy atom. The molecule has 1 unspecified atom stereocenters. The molecule has 5 aromatic carbocycles. The number of nitrogens with one attached hydrogen (secondary N) is 2. The zero-order valence-electron chi connectivity index (χ0n) is 51.1. The molecule has 6 N–H and O–H groups in total. The van der Waals surface area contributed by atoms with Crippen molar-refractivity contribution in [3.63, 3.8) is 0 Å². The molecule has 2 aliphatic rings. The molecule has 10 aromatic rings. The van der Waals surface area contributed by atoms with E-state index < -0.39 is 63.7 Å². The third-order valence-corrected chi connectivity index (χ3v) is 16.0. The van der Waals surface area contributed by atoms with Crippen LogP contribution in [0.2, 0.25) is 0 Å². The minimum absolute atomic E-state index is 0.0811. The van der Waals surface area contributed by atoms with Gasteiger partial charge in [0.05, 0.1) is 68.2 Å². The molecule has 0 bridgehead atoms. The van der Waals surface area contributed by atoms with Crippen LogP contribution in [0.3, 0.4) is 0 Å². The van der Waals surface area contributed by atoms with Gasteiger partial charge in [0.2, 0.25) is 0 Å². The standard InChI is InChI=1S/C34H30F3N5O2.C34H29F3N4O4.C2H6/c1-18(2)12-26-29(32(38)43)28(30-31(40-26)34(3,41-33(30)44)16-19-4-7-22(35)8-5-19)21-10-11-42-23(17-39-27(42)15-21)13-20-6-9-24(36)25(37)14-20;1-17(2)12-24-28(31(38)42)27(29-30(39-24)34(3,40-32(29)43)15-18-4-8-21(35)9-5-18)20-7-11-25-26(14-20)45-33(44)41(25)16-19-6-10-22(36)23(37)13-19;1-2/h4-11,14-15,17-18H,12-13,16H2,1-3H3,(H2,38,43)(H,41,44);4-11,13-14,17H,12,15-16H2,1-3H3,(H2,38,42)(H,40,43);1-2H3/t34-;;/m1../s1. The van der Waals surface area contributed by atoms with Crippen molar-refractivity contribution in [2.24, 2.45) is 23.3 Å². The second-order valence-corrected chi connectivity index (χ2v) is 23.9. The third kappa shape index (κ3) is 12.7. The number of hydrogen-bond acceptors (Lipinski definition) is 9. The predicted molar refractivity (Wildman–Crippen MR) is 332 cm³/mol. The number of carbonyl (C=O) groups is 4. The molecule has 0 fully saturated rings. The van der Waals surface area contributed by atoms with Crippen LogP contribution in [0.1, 0.15) is 148 Å². The van der Waals surface area contributed by atoms with Crippen LogP contribution in [0.15, 0.2) is 137 Å². The first kappa shape index (κ1) is 63.8. The van der Waals surface area contributed by atoms with Crippen molar-refractivity contribution in [1.29, 1.82) is 0 Å². The Balaban J connectivity index is 0.000000195. The number of nitrogens with two attached hydrogens (primary N) is 2. The first-order valence-electron chi connectivity index (χ1n) is 29.6. The lowest BCUT2D eigenvalue weighted by atomic mass is 9.84. The molecule has 2 aliphatic heterocycles. The number of hydrogen-bond donors (Lipinski definition) is 4. The third-order valence-electron chi connectivity index (χ3n) is 16.0. The summed E-state index contributed by atoms with van der Waals surface area (Å²) in [5.74, 6) is -7.47. The molecular weight excluding hydrogens is 1180 g/mol. The van der Waals surface area contributed by atoms with Crippen molar-refractivity contribution in [1.82, 2.24) is 34.6 Å². The Labute approximate surface area is 519 Å². The van der Waals surface area contributed by atoms with E-state index in [4.69, 9.17) is 25.9 Å². The number of amides is 4. The summed E-state index contributed by atoms with van der Waals surface area (Å²) >= 11 is 0. The average molecular weight is 1240 g/mol. The van der Waals surface area contributed by atoms with E-state index in [9.17, 15) is 50.3 Å². The Kier molecular flexibility index (Phi) is 17.8. The maximum absolute atomic E-state index is 13.8. The number of fused-ring (bicyclic) bond motifs is 4. The van der Waals surface area contributed by atoms with Crippen molar-refractivity contribution in [2.75, 3.05) is 0 Å². The highest BCUT2D eigenvalue weighted by Gasteiger charge is 2.46. The van der Waals surface area contributed by atoms with E-state index in [0.717, 1.165) is 41.1 Å². The molecule has 91 heavy (non-hydrogen) atoms. The number of primary amides is 2. The maximum atomic E-state index is 13.8. The highest BCUT2D eigenvalue weighted by molar-refractivity contribution is 6.13. The van der Waals surface area contributed by atoms with Gasteiger partial charge in [-0.05, 0) is 145 Å². The SMILES string of the molecule is CC.CC(C)Cc1nc2c(c(-c3ccc4c(c3)oc(=O)n4Cc3ccc(F)c(F)c3)c1C(N)=O)C(=O)NC2(C)Cc1ccc(F)cc1.CC(C)Cc1nc2c(c(-c3ccn4c(Cc5ccc(F)c(F)c5)cnc4c3)c1C(N)=O)C(=O)N[C@]2(C)Cc1ccc(F)cc1. The largest absolute Gasteiger partial charge is 0.420 e. The second kappa shape index (κ2) is 25.4. The Hall–Kier alpha value is -10.2. The van der Waals surface area contributed by atoms with E-state index in [1.807, 2.05) is 59.8 Å². The van der Waals surface area contributed by atoms with Crippen molar-refractivity contribution in [3.05, 3.63) is 246 Å². The van der Waals surface area contributed by atoms with Crippen LogP contribution < -0.4 is 27.9 Å². The normalized spacial score (nSPS) is 15.7. The number of rotatable bonds is 16. The number of halogens is 6. The summed E-state index contributed by atoms with van der Waals surface area (Å²) in [4.78, 5) is 80.7. The predicted octanol–water partition coefficient (Wildman–Crippen LogP) is 12.6. The van der Waals surface area contributed by atoms with Gasteiger partial charge in [0.15, 0.2) is 28.9 Å². The number of imidazole rings is 1. The minimum atomic E-state index is -1.04. The number of oxazole rings is 1. The molecule has 0 saturated carbocycles.